The summed E-state index contributed by atoms with van der Waals surface area (Å²) in [6.45, 7) is 0.143. The second-order valence-electron chi connectivity index (χ2n) is 3.31. The van der Waals surface area contributed by atoms with Crippen LogP contribution in [0.2, 0.25) is 0 Å². The van der Waals surface area contributed by atoms with E-state index >= 15 is 0 Å². The summed E-state index contributed by atoms with van der Waals surface area (Å²) >= 11 is 2.08. The fraction of sp³-hybridized carbons (Fsp3) is 0.0909. The number of benzene rings is 1. The van der Waals surface area contributed by atoms with Crippen molar-refractivity contribution in [2.24, 2.45) is 0 Å². The molecule has 0 aliphatic rings. The molecule has 0 amide bonds. The summed E-state index contributed by atoms with van der Waals surface area (Å²) in [6, 6.07) is 3.33. The van der Waals surface area contributed by atoms with Crippen molar-refractivity contribution in [1.29, 1.82) is 0 Å². The van der Waals surface area contributed by atoms with Crippen LogP contribution < -0.4 is 5.32 Å². The third kappa shape index (κ3) is 3.32. The molecule has 88 valence electrons. The molecule has 1 N–H and O–H groups in total. The van der Waals surface area contributed by atoms with Gasteiger partial charge in [-0.2, -0.15) is 0 Å². The summed E-state index contributed by atoms with van der Waals surface area (Å²) in [5.41, 5.74) is 0.243. The molecule has 2 aromatic rings. The minimum atomic E-state index is -0.466. The molecular formula is C11H8F2IN3. The van der Waals surface area contributed by atoms with E-state index in [2.05, 4.69) is 37.9 Å². The smallest absolute Gasteiger partial charge is 0.222 e. The first-order valence-corrected chi connectivity index (χ1v) is 5.88. The Hall–Kier alpha value is -1.31. The fourth-order valence-electron chi connectivity index (χ4n) is 1.26. The number of nitrogens with one attached hydrogen (secondary N) is 1. The highest BCUT2D eigenvalue weighted by molar-refractivity contribution is 14.1. The maximum absolute atomic E-state index is 13.3. The van der Waals surface area contributed by atoms with Crippen LogP contribution in [0.1, 0.15) is 5.56 Å². The van der Waals surface area contributed by atoms with E-state index < -0.39 is 11.6 Å². The van der Waals surface area contributed by atoms with Gasteiger partial charge >= 0.3 is 0 Å². The predicted octanol–water partition coefficient (Wildman–Crippen LogP) is 2.97. The third-order valence-corrected chi connectivity index (χ3v) is 2.62. The normalized spacial score (nSPS) is 10.3. The lowest BCUT2D eigenvalue weighted by Crippen LogP contribution is -2.05. The van der Waals surface area contributed by atoms with Crippen LogP contribution in [0.5, 0.6) is 0 Å². The van der Waals surface area contributed by atoms with Gasteiger partial charge in [0, 0.05) is 28.1 Å². The lowest BCUT2D eigenvalue weighted by atomic mass is 10.2. The van der Waals surface area contributed by atoms with E-state index in [1.807, 2.05) is 0 Å². The average Bonchev–Trinajstić information content (AvgIpc) is 2.32. The second kappa shape index (κ2) is 5.35. The standard InChI is InChI=1S/C11H8F2IN3/c12-8-1-2-10(13)7(3-8)4-15-11-16-5-9(14)6-17-11/h1-3,5-6H,4H2,(H,15,16,17). The van der Waals surface area contributed by atoms with Gasteiger partial charge in [0.2, 0.25) is 5.95 Å². The van der Waals surface area contributed by atoms with Gasteiger partial charge in [-0.05, 0) is 40.8 Å². The molecule has 1 aromatic carbocycles. The van der Waals surface area contributed by atoms with Crippen molar-refractivity contribution in [3.8, 4) is 0 Å². The Morgan fingerprint density at radius 2 is 1.88 bits per heavy atom. The van der Waals surface area contributed by atoms with Crippen molar-refractivity contribution in [2.45, 2.75) is 6.54 Å². The second-order valence-corrected chi connectivity index (χ2v) is 4.56. The Morgan fingerprint density at radius 1 is 1.18 bits per heavy atom. The highest BCUT2D eigenvalue weighted by Gasteiger charge is 2.04. The van der Waals surface area contributed by atoms with Gasteiger partial charge in [0.25, 0.3) is 0 Å². The van der Waals surface area contributed by atoms with Gasteiger partial charge in [-0.25, -0.2) is 18.7 Å². The van der Waals surface area contributed by atoms with Crippen LogP contribution >= 0.6 is 22.6 Å². The van der Waals surface area contributed by atoms with Gasteiger partial charge < -0.3 is 5.32 Å². The van der Waals surface area contributed by atoms with Crippen LogP contribution in [0, 0.1) is 15.2 Å². The Balaban J connectivity index is 2.07. The Kier molecular flexibility index (Phi) is 3.82. The van der Waals surface area contributed by atoms with E-state index in [1.54, 1.807) is 12.4 Å². The van der Waals surface area contributed by atoms with E-state index in [-0.39, 0.29) is 12.1 Å². The van der Waals surface area contributed by atoms with E-state index in [0.29, 0.717) is 5.95 Å². The first kappa shape index (κ1) is 12.2. The van der Waals surface area contributed by atoms with Gasteiger partial charge in [-0.3, -0.25) is 0 Å². The highest BCUT2D eigenvalue weighted by atomic mass is 127. The van der Waals surface area contributed by atoms with Crippen LogP contribution in [-0.2, 0) is 6.54 Å². The zero-order chi connectivity index (χ0) is 12.3. The van der Waals surface area contributed by atoms with Gasteiger partial charge in [-0.15, -0.1) is 0 Å². The molecule has 0 spiro atoms. The number of aromatic nitrogens is 2. The predicted molar refractivity (Wildman–Crippen MR) is 68.4 cm³/mol. The number of nitrogens with zero attached hydrogens (tertiary/aromatic N) is 2. The van der Waals surface area contributed by atoms with E-state index in [4.69, 9.17) is 0 Å². The van der Waals surface area contributed by atoms with Crippen molar-refractivity contribution in [3.05, 3.63) is 51.4 Å². The summed E-state index contributed by atoms with van der Waals surface area (Å²) in [5.74, 6) is -0.537. The van der Waals surface area contributed by atoms with Crippen LogP contribution in [0.25, 0.3) is 0 Å². The Labute approximate surface area is 110 Å². The average molecular weight is 347 g/mol. The molecule has 0 unspecified atom stereocenters. The monoisotopic (exact) mass is 347 g/mol. The summed E-state index contributed by atoms with van der Waals surface area (Å²) in [5, 5.41) is 2.82. The van der Waals surface area contributed by atoms with Gasteiger partial charge in [0.1, 0.15) is 11.6 Å². The van der Waals surface area contributed by atoms with E-state index in [0.717, 1.165) is 21.8 Å². The minimum Gasteiger partial charge on any atom is -0.350 e. The maximum Gasteiger partial charge on any atom is 0.222 e. The molecular weight excluding hydrogens is 339 g/mol. The van der Waals surface area contributed by atoms with Crippen molar-refractivity contribution >= 4 is 28.5 Å². The van der Waals surface area contributed by atoms with E-state index in [9.17, 15) is 8.78 Å². The van der Waals surface area contributed by atoms with Crippen LogP contribution in [0.15, 0.2) is 30.6 Å². The van der Waals surface area contributed by atoms with Crippen LogP contribution in [0.4, 0.5) is 14.7 Å². The lowest BCUT2D eigenvalue weighted by Gasteiger charge is -2.05. The lowest BCUT2D eigenvalue weighted by molar-refractivity contribution is 0.587. The van der Waals surface area contributed by atoms with Crippen molar-refractivity contribution in [2.75, 3.05) is 5.32 Å². The third-order valence-electron chi connectivity index (χ3n) is 2.07. The number of hydrogen-bond donors (Lipinski definition) is 1. The molecule has 0 aliphatic heterocycles. The summed E-state index contributed by atoms with van der Waals surface area (Å²) in [4.78, 5) is 8.00. The van der Waals surface area contributed by atoms with Crippen molar-refractivity contribution in [1.82, 2.24) is 9.97 Å². The summed E-state index contributed by atoms with van der Waals surface area (Å²) in [6.07, 6.45) is 3.27. The first-order chi connectivity index (χ1) is 8.15. The van der Waals surface area contributed by atoms with Gasteiger partial charge in [0.15, 0.2) is 0 Å². The largest absolute Gasteiger partial charge is 0.350 e. The molecule has 0 bridgehead atoms. The molecule has 0 aliphatic carbocycles. The highest BCUT2D eigenvalue weighted by Crippen LogP contribution is 2.11. The zero-order valence-corrected chi connectivity index (χ0v) is 10.8. The summed E-state index contributed by atoms with van der Waals surface area (Å²) in [7, 11) is 0. The molecule has 0 fully saturated rings. The van der Waals surface area contributed by atoms with Crippen molar-refractivity contribution in [3.63, 3.8) is 0 Å². The number of anilines is 1. The number of rotatable bonds is 3. The molecule has 2 rings (SSSR count). The quantitative estimate of drug-likeness (QED) is 0.868. The first-order valence-electron chi connectivity index (χ1n) is 4.80. The van der Waals surface area contributed by atoms with E-state index in [1.165, 1.54) is 0 Å². The zero-order valence-electron chi connectivity index (χ0n) is 8.62. The number of hydrogen-bond acceptors (Lipinski definition) is 3. The Bertz CT molecular complexity index is 517. The van der Waals surface area contributed by atoms with Crippen LogP contribution in [-0.4, -0.2) is 9.97 Å². The number of halogens is 3. The molecule has 0 atom stereocenters. The van der Waals surface area contributed by atoms with Crippen LogP contribution in [0.3, 0.4) is 0 Å². The van der Waals surface area contributed by atoms with Crippen molar-refractivity contribution < 1.29 is 8.78 Å². The van der Waals surface area contributed by atoms with Gasteiger partial charge in [-0.1, -0.05) is 0 Å². The Morgan fingerprint density at radius 3 is 2.59 bits per heavy atom. The van der Waals surface area contributed by atoms with Gasteiger partial charge in [0.05, 0.1) is 0 Å². The summed E-state index contributed by atoms with van der Waals surface area (Å²) < 4.78 is 27.1. The molecule has 0 saturated carbocycles. The molecule has 1 aromatic heterocycles. The fourth-order valence-corrected chi connectivity index (χ4v) is 1.54. The topological polar surface area (TPSA) is 37.8 Å². The molecule has 6 heteroatoms. The molecule has 1 heterocycles. The maximum atomic E-state index is 13.3. The molecule has 0 radical (unpaired) electrons. The molecule has 17 heavy (non-hydrogen) atoms. The molecule has 0 saturated heterocycles. The molecule has 3 nitrogen and oxygen atoms in total. The SMILES string of the molecule is Fc1ccc(F)c(CNc2ncc(I)cn2)c1. The minimum absolute atomic E-state index is 0.143.